The monoisotopic (exact) mass is 364 g/mol. The number of carbonyl (C=O) groups excluding carboxylic acids is 2. The van der Waals surface area contributed by atoms with Gasteiger partial charge in [0.25, 0.3) is 5.91 Å². The van der Waals surface area contributed by atoms with Crippen molar-refractivity contribution in [3.8, 4) is 6.07 Å². The SMILES string of the molecule is CC(=O)N1CCN(c2cc(C(=O)Nc3cccc(C#N)c3)nc(C)n2)CC1. The third kappa shape index (κ3) is 4.39. The van der Waals surface area contributed by atoms with Crippen molar-refractivity contribution < 1.29 is 9.59 Å². The van der Waals surface area contributed by atoms with Crippen LogP contribution in [0.3, 0.4) is 0 Å². The van der Waals surface area contributed by atoms with Crippen LogP contribution in [0, 0.1) is 18.3 Å². The molecule has 1 aliphatic rings. The van der Waals surface area contributed by atoms with Crippen LogP contribution in [0.2, 0.25) is 0 Å². The molecule has 0 bridgehead atoms. The standard InChI is InChI=1S/C19H20N6O2/c1-13-21-17(19(27)23-16-5-3-4-15(10-16)12-20)11-18(22-13)25-8-6-24(7-9-25)14(2)26/h3-5,10-11H,6-9H2,1-2H3,(H,23,27). The van der Waals surface area contributed by atoms with Crippen LogP contribution in [0.1, 0.15) is 28.8 Å². The molecule has 0 saturated carbocycles. The molecule has 27 heavy (non-hydrogen) atoms. The molecule has 1 saturated heterocycles. The minimum Gasteiger partial charge on any atom is -0.353 e. The Labute approximate surface area is 157 Å². The van der Waals surface area contributed by atoms with Gasteiger partial charge in [-0.05, 0) is 25.1 Å². The number of benzene rings is 1. The number of hydrogen-bond acceptors (Lipinski definition) is 6. The van der Waals surface area contributed by atoms with Crippen LogP contribution >= 0.6 is 0 Å². The second kappa shape index (κ2) is 7.83. The number of aryl methyl sites for hydroxylation is 1. The van der Waals surface area contributed by atoms with Gasteiger partial charge >= 0.3 is 0 Å². The van der Waals surface area contributed by atoms with Crippen LogP contribution in [-0.4, -0.2) is 52.9 Å². The number of nitrogens with zero attached hydrogens (tertiary/aromatic N) is 5. The fourth-order valence-electron chi connectivity index (χ4n) is 2.94. The lowest BCUT2D eigenvalue weighted by Gasteiger charge is -2.35. The van der Waals surface area contributed by atoms with Gasteiger partial charge in [-0.15, -0.1) is 0 Å². The predicted octanol–water partition coefficient (Wildman–Crippen LogP) is 1.58. The highest BCUT2D eigenvalue weighted by Gasteiger charge is 2.21. The van der Waals surface area contributed by atoms with E-state index >= 15 is 0 Å². The lowest BCUT2D eigenvalue weighted by molar-refractivity contribution is -0.129. The van der Waals surface area contributed by atoms with Gasteiger partial charge in [0.2, 0.25) is 5.91 Å². The summed E-state index contributed by atoms with van der Waals surface area (Å²) in [4.78, 5) is 36.6. The lowest BCUT2D eigenvalue weighted by atomic mass is 10.2. The molecule has 8 nitrogen and oxygen atoms in total. The van der Waals surface area contributed by atoms with Gasteiger partial charge < -0.3 is 15.1 Å². The van der Waals surface area contributed by atoms with E-state index in [2.05, 4.69) is 15.3 Å². The van der Waals surface area contributed by atoms with Gasteiger partial charge in [-0.25, -0.2) is 9.97 Å². The van der Waals surface area contributed by atoms with Crippen LogP contribution in [0.4, 0.5) is 11.5 Å². The zero-order valence-corrected chi connectivity index (χ0v) is 15.3. The van der Waals surface area contributed by atoms with Crippen molar-refractivity contribution in [3.63, 3.8) is 0 Å². The van der Waals surface area contributed by atoms with Crippen LogP contribution in [0.5, 0.6) is 0 Å². The quantitative estimate of drug-likeness (QED) is 0.887. The molecular weight excluding hydrogens is 344 g/mol. The molecule has 2 heterocycles. The van der Waals surface area contributed by atoms with Crippen molar-refractivity contribution in [2.45, 2.75) is 13.8 Å². The maximum absolute atomic E-state index is 12.6. The number of nitriles is 1. The first-order valence-corrected chi connectivity index (χ1v) is 8.64. The van der Waals surface area contributed by atoms with Crippen molar-refractivity contribution >= 4 is 23.3 Å². The van der Waals surface area contributed by atoms with Gasteiger partial charge in [-0.3, -0.25) is 9.59 Å². The smallest absolute Gasteiger partial charge is 0.274 e. The number of nitrogens with one attached hydrogen (secondary N) is 1. The summed E-state index contributed by atoms with van der Waals surface area (Å²) >= 11 is 0. The van der Waals surface area contributed by atoms with Gasteiger partial charge in [0.05, 0.1) is 11.6 Å². The van der Waals surface area contributed by atoms with E-state index in [1.165, 1.54) is 0 Å². The van der Waals surface area contributed by atoms with E-state index in [1.807, 2.05) is 11.0 Å². The molecule has 8 heteroatoms. The Hall–Kier alpha value is -3.47. The van der Waals surface area contributed by atoms with Crippen LogP contribution in [0.25, 0.3) is 0 Å². The molecule has 1 fully saturated rings. The van der Waals surface area contributed by atoms with E-state index < -0.39 is 0 Å². The van der Waals surface area contributed by atoms with E-state index in [0.29, 0.717) is 49.1 Å². The Balaban J connectivity index is 1.76. The van der Waals surface area contributed by atoms with Gasteiger partial charge in [-0.1, -0.05) is 6.07 Å². The summed E-state index contributed by atoms with van der Waals surface area (Å²) in [6, 6.07) is 10.4. The van der Waals surface area contributed by atoms with Crippen molar-refractivity contribution in [1.82, 2.24) is 14.9 Å². The Morgan fingerprint density at radius 3 is 2.56 bits per heavy atom. The molecular formula is C19H20N6O2. The average molecular weight is 364 g/mol. The van der Waals surface area contributed by atoms with Crippen LogP contribution < -0.4 is 10.2 Å². The number of carbonyl (C=O) groups is 2. The highest BCUT2D eigenvalue weighted by atomic mass is 16.2. The zero-order chi connectivity index (χ0) is 19.4. The van der Waals surface area contributed by atoms with Gasteiger partial charge in [0.1, 0.15) is 17.3 Å². The molecule has 1 N–H and O–H groups in total. The minimum absolute atomic E-state index is 0.0631. The third-order valence-corrected chi connectivity index (χ3v) is 4.36. The number of hydrogen-bond donors (Lipinski definition) is 1. The summed E-state index contributed by atoms with van der Waals surface area (Å²) in [6.45, 7) is 5.86. The Morgan fingerprint density at radius 1 is 1.15 bits per heavy atom. The molecule has 0 atom stereocenters. The predicted molar refractivity (Wildman–Crippen MR) is 100 cm³/mol. The molecule has 0 radical (unpaired) electrons. The Bertz CT molecular complexity index is 913. The first-order valence-electron chi connectivity index (χ1n) is 8.64. The van der Waals surface area contributed by atoms with E-state index in [0.717, 1.165) is 0 Å². The van der Waals surface area contributed by atoms with Crippen molar-refractivity contribution in [2.75, 3.05) is 36.4 Å². The molecule has 1 aromatic heterocycles. The molecule has 2 aromatic rings. The highest BCUT2D eigenvalue weighted by Crippen LogP contribution is 2.17. The summed E-state index contributed by atoms with van der Waals surface area (Å²) in [5, 5.41) is 11.7. The fraction of sp³-hybridized carbons (Fsp3) is 0.316. The summed E-state index contributed by atoms with van der Waals surface area (Å²) in [6.07, 6.45) is 0. The largest absolute Gasteiger partial charge is 0.353 e. The molecule has 2 amide bonds. The third-order valence-electron chi connectivity index (χ3n) is 4.36. The van der Waals surface area contributed by atoms with E-state index in [1.54, 1.807) is 49.1 Å². The topological polar surface area (TPSA) is 102 Å². The summed E-state index contributed by atoms with van der Waals surface area (Å²) < 4.78 is 0. The number of aromatic nitrogens is 2. The van der Waals surface area contributed by atoms with Crippen molar-refractivity contribution in [1.29, 1.82) is 5.26 Å². The zero-order valence-electron chi connectivity index (χ0n) is 15.3. The summed E-state index contributed by atoms with van der Waals surface area (Å²) in [5.74, 6) is 0.867. The number of anilines is 2. The van der Waals surface area contributed by atoms with Crippen molar-refractivity contribution in [3.05, 3.63) is 47.4 Å². The van der Waals surface area contributed by atoms with E-state index in [-0.39, 0.29) is 17.5 Å². The second-order valence-electron chi connectivity index (χ2n) is 6.30. The molecule has 1 aliphatic heterocycles. The lowest BCUT2D eigenvalue weighted by Crippen LogP contribution is -2.48. The number of rotatable bonds is 3. The summed E-state index contributed by atoms with van der Waals surface area (Å²) in [7, 11) is 0. The maximum atomic E-state index is 12.6. The Morgan fingerprint density at radius 2 is 1.89 bits per heavy atom. The first-order chi connectivity index (χ1) is 13.0. The Kier molecular flexibility index (Phi) is 5.31. The summed E-state index contributed by atoms with van der Waals surface area (Å²) in [5.41, 5.74) is 1.26. The van der Waals surface area contributed by atoms with Crippen LogP contribution in [0.15, 0.2) is 30.3 Å². The van der Waals surface area contributed by atoms with E-state index in [9.17, 15) is 9.59 Å². The van der Waals surface area contributed by atoms with Gasteiger partial charge in [0.15, 0.2) is 0 Å². The van der Waals surface area contributed by atoms with E-state index in [4.69, 9.17) is 5.26 Å². The number of amides is 2. The van der Waals surface area contributed by atoms with Gasteiger partial charge in [-0.2, -0.15) is 5.26 Å². The second-order valence-corrected chi connectivity index (χ2v) is 6.30. The minimum atomic E-state index is -0.362. The fourth-order valence-corrected chi connectivity index (χ4v) is 2.94. The molecule has 0 spiro atoms. The molecule has 138 valence electrons. The molecule has 1 aromatic carbocycles. The number of piperazine rings is 1. The highest BCUT2D eigenvalue weighted by molar-refractivity contribution is 6.03. The molecule has 0 unspecified atom stereocenters. The maximum Gasteiger partial charge on any atom is 0.274 e. The first kappa shape index (κ1) is 18.3. The van der Waals surface area contributed by atoms with Gasteiger partial charge in [0, 0.05) is 44.9 Å². The average Bonchev–Trinajstić information content (AvgIpc) is 2.67. The van der Waals surface area contributed by atoms with Crippen LogP contribution in [-0.2, 0) is 4.79 Å². The molecule has 0 aliphatic carbocycles. The molecule has 3 rings (SSSR count). The normalized spacial score (nSPS) is 13.8. The van der Waals surface area contributed by atoms with Crippen molar-refractivity contribution in [2.24, 2.45) is 0 Å².